The molecular weight excluding hydrogens is 380 g/mol. The second-order valence-electron chi connectivity index (χ2n) is 6.80. The van der Waals surface area contributed by atoms with Gasteiger partial charge in [-0.1, -0.05) is 11.6 Å². The second kappa shape index (κ2) is 7.72. The topological polar surface area (TPSA) is 64.8 Å². The van der Waals surface area contributed by atoms with Crippen LogP contribution in [0.3, 0.4) is 0 Å². The number of likely N-dealkylation sites (tertiary alicyclic amines) is 1. The number of amides is 1. The molecule has 0 aliphatic carbocycles. The van der Waals surface area contributed by atoms with Gasteiger partial charge in [-0.2, -0.15) is 0 Å². The highest BCUT2D eigenvalue weighted by Crippen LogP contribution is 2.32. The maximum atomic E-state index is 13.0. The maximum Gasteiger partial charge on any atom is 0.257 e. The number of hydrogen-bond acceptors (Lipinski definition) is 5. The van der Waals surface area contributed by atoms with Crippen LogP contribution in [0.2, 0.25) is 5.02 Å². The molecule has 28 heavy (non-hydrogen) atoms. The van der Waals surface area contributed by atoms with E-state index in [1.165, 1.54) is 0 Å². The Morgan fingerprint density at radius 3 is 2.64 bits per heavy atom. The first-order valence-electron chi connectivity index (χ1n) is 9.16. The van der Waals surface area contributed by atoms with Crippen molar-refractivity contribution in [2.45, 2.75) is 18.8 Å². The van der Waals surface area contributed by atoms with Crippen LogP contribution in [0.25, 0.3) is 11.1 Å². The van der Waals surface area contributed by atoms with E-state index in [0.717, 1.165) is 23.9 Å². The molecule has 0 atom stereocenters. The Balaban J connectivity index is 1.46. The van der Waals surface area contributed by atoms with Crippen molar-refractivity contribution in [3.8, 4) is 11.5 Å². The van der Waals surface area contributed by atoms with Gasteiger partial charge >= 0.3 is 0 Å². The van der Waals surface area contributed by atoms with Gasteiger partial charge in [0, 0.05) is 30.1 Å². The van der Waals surface area contributed by atoms with Gasteiger partial charge in [-0.25, -0.2) is 4.98 Å². The Morgan fingerprint density at radius 2 is 1.93 bits per heavy atom. The van der Waals surface area contributed by atoms with Crippen molar-refractivity contribution < 1.29 is 18.7 Å². The number of ether oxygens (including phenoxy) is 2. The van der Waals surface area contributed by atoms with Crippen molar-refractivity contribution in [1.82, 2.24) is 9.88 Å². The van der Waals surface area contributed by atoms with E-state index >= 15 is 0 Å². The van der Waals surface area contributed by atoms with Gasteiger partial charge in [-0.05, 0) is 43.2 Å². The normalized spacial score (nSPS) is 15.0. The van der Waals surface area contributed by atoms with Gasteiger partial charge in [0.1, 0.15) is 17.0 Å². The number of nitrogens with zero attached hydrogens (tertiary/aromatic N) is 2. The number of carbonyl (C=O) groups excluding carboxylic acids is 1. The molecule has 0 N–H and O–H groups in total. The van der Waals surface area contributed by atoms with Crippen molar-refractivity contribution in [2.24, 2.45) is 0 Å². The van der Waals surface area contributed by atoms with Crippen LogP contribution in [-0.4, -0.2) is 43.1 Å². The van der Waals surface area contributed by atoms with Crippen molar-refractivity contribution in [3.63, 3.8) is 0 Å². The van der Waals surface area contributed by atoms with Crippen LogP contribution in [0, 0.1) is 0 Å². The Bertz CT molecular complexity index is 1010. The van der Waals surface area contributed by atoms with E-state index in [4.69, 9.17) is 25.5 Å². The summed E-state index contributed by atoms with van der Waals surface area (Å²) in [5, 5.41) is 0.640. The number of halogens is 1. The predicted octanol–water partition coefficient (Wildman–Crippen LogP) is 4.52. The fourth-order valence-corrected chi connectivity index (χ4v) is 3.73. The van der Waals surface area contributed by atoms with Crippen molar-refractivity contribution in [3.05, 3.63) is 52.9 Å². The lowest BCUT2D eigenvalue weighted by Gasteiger charge is -2.31. The van der Waals surface area contributed by atoms with Gasteiger partial charge < -0.3 is 18.8 Å². The predicted molar refractivity (Wildman–Crippen MR) is 106 cm³/mol. The third kappa shape index (κ3) is 3.52. The van der Waals surface area contributed by atoms with E-state index in [1.807, 2.05) is 11.0 Å². The number of methoxy groups -OCH3 is 2. The largest absolute Gasteiger partial charge is 0.497 e. The first kappa shape index (κ1) is 18.6. The second-order valence-corrected chi connectivity index (χ2v) is 7.23. The van der Waals surface area contributed by atoms with E-state index in [2.05, 4.69) is 4.98 Å². The van der Waals surface area contributed by atoms with Crippen LogP contribution < -0.4 is 9.47 Å². The third-order valence-electron chi connectivity index (χ3n) is 5.14. The minimum absolute atomic E-state index is 0.0395. The molecule has 1 aliphatic heterocycles. The molecule has 0 saturated carbocycles. The van der Waals surface area contributed by atoms with Gasteiger partial charge in [-0.15, -0.1) is 0 Å². The number of hydrogen-bond donors (Lipinski definition) is 0. The first-order chi connectivity index (χ1) is 13.6. The average Bonchev–Trinajstić information content (AvgIpc) is 3.16. The standard InChI is InChI=1S/C21H21ClN2O4/c1-26-15-4-5-16(19(12-15)27-2)21(25)24-9-7-13(8-10-24)20-23-17-11-14(22)3-6-18(17)28-20/h3-6,11-13H,7-10H2,1-2H3. The third-order valence-corrected chi connectivity index (χ3v) is 5.37. The van der Waals surface area contributed by atoms with Gasteiger partial charge in [0.05, 0.1) is 19.8 Å². The highest BCUT2D eigenvalue weighted by atomic mass is 35.5. The molecule has 7 heteroatoms. The Labute approximate surface area is 168 Å². The summed E-state index contributed by atoms with van der Waals surface area (Å²) in [7, 11) is 3.14. The minimum atomic E-state index is -0.0395. The van der Waals surface area contributed by atoms with Crippen molar-refractivity contribution in [2.75, 3.05) is 27.3 Å². The zero-order valence-corrected chi connectivity index (χ0v) is 16.5. The quantitative estimate of drug-likeness (QED) is 0.644. The molecular formula is C21H21ClN2O4. The van der Waals surface area contributed by atoms with E-state index in [0.29, 0.717) is 41.1 Å². The zero-order chi connectivity index (χ0) is 19.7. The number of piperidine rings is 1. The summed E-state index contributed by atoms with van der Waals surface area (Å²) in [5.41, 5.74) is 2.04. The Morgan fingerprint density at radius 1 is 1.14 bits per heavy atom. The van der Waals surface area contributed by atoms with Gasteiger partial charge in [-0.3, -0.25) is 4.79 Å². The molecule has 4 rings (SSSR count). The lowest BCUT2D eigenvalue weighted by atomic mass is 9.96. The van der Waals surface area contributed by atoms with Gasteiger partial charge in [0.25, 0.3) is 5.91 Å². The molecule has 2 heterocycles. The molecule has 1 amide bonds. The molecule has 6 nitrogen and oxygen atoms in total. The van der Waals surface area contributed by atoms with E-state index in [9.17, 15) is 4.79 Å². The van der Waals surface area contributed by atoms with Crippen molar-refractivity contribution >= 4 is 28.6 Å². The molecule has 1 fully saturated rings. The smallest absolute Gasteiger partial charge is 0.257 e. The lowest BCUT2D eigenvalue weighted by molar-refractivity contribution is 0.0703. The minimum Gasteiger partial charge on any atom is -0.497 e. The molecule has 1 aliphatic rings. The van der Waals surface area contributed by atoms with Crippen LogP contribution in [0.5, 0.6) is 11.5 Å². The summed E-state index contributed by atoms with van der Waals surface area (Å²) < 4.78 is 16.5. The lowest BCUT2D eigenvalue weighted by Crippen LogP contribution is -2.38. The summed E-state index contributed by atoms with van der Waals surface area (Å²) in [6.07, 6.45) is 1.59. The number of rotatable bonds is 4. The van der Waals surface area contributed by atoms with Crippen LogP contribution in [-0.2, 0) is 0 Å². The summed E-state index contributed by atoms with van der Waals surface area (Å²) >= 11 is 6.03. The first-order valence-corrected chi connectivity index (χ1v) is 9.54. The SMILES string of the molecule is COc1ccc(C(=O)N2CCC(c3nc4cc(Cl)ccc4o3)CC2)c(OC)c1. The molecule has 1 aromatic heterocycles. The summed E-state index contributed by atoms with van der Waals surface area (Å²) in [6.45, 7) is 1.27. The highest BCUT2D eigenvalue weighted by Gasteiger charge is 2.29. The summed E-state index contributed by atoms with van der Waals surface area (Å²) in [6, 6.07) is 10.7. The Hall–Kier alpha value is -2.73. The molecule has 1 saturated heterocycles. The summed E-state index contributed by atoms with van der Waals surface area (Å²) in [4.78, 5) is 19.4. The molecule has 0 bridgehead atoms. The Kier molecular flexibility index (Phi) is 5.13. The number of fused-ring (bicyclic) bond motifs is 1. The monoisotopic (exact) mass is 400 g/mol. The molecule has 146 valence electrons. The van der Waals surface area contributed by atoms with Crippen LogP contribution in [0.15, 0.2) is 40.8 Å². The highest BCUT2D eigenvalue weighted by molar-refractivity contribution is 6.31. The zero-order valence-electron chi connectivity index (χ0n) is 15.8. The average molecular weight is 401 g/mol. The van der Waals surface area contributed by atoms with Crippen LogP contribution >= 0.6 is 11.6 Å². The fraction of sp³-hybridized carbons (Fsp3) is 0.333. The van der Waals surface area contributed by atoms with E-state index in [-0.39, 0.29) is 11.8 Å². The maximum absolute atomic E-state index is 13.0. The van der Waals surface area contributed by atoms with Gasteiger partial charge in [0.15, 0.2) is 11.5 Å². The number of oxazole rings is 1. The molecule has 0 radical (unpaired) electrons. The number of aromatic nitrogens is 1. The molecule has 0 unspecified atom stereocenters. The fourth-order valence-electron chi connectivity index (χ4n) is 3.57. The number of carbonyl (C=O) groups is 1. The van der Waals surface area contributed by atoms with Crippen LogP contribution in [0.4, 0.5) is 0 Å². The molecule has 3 aromatic rings. The number of benzene rings is 2. The molecule has 0 spiro atoms. The van der Waals surface area contributed by atoms with Gasteiger partial charge in [0.2, 0.25) is 0 Å². The van der Waals surface area contributed by atoms with Crippen molar-refractivity contribution in [1.29, 1.82) is 0 Å². The van der Waals surface area contributed by atoms with Crippen LogP contribution in [0.1, 0.15) is 35.0 Å². The molecule has 2 aromatic carbocycles. The van der Waals surface area contributed by atoms with E-state index in [1.54, 1.807) is 44.6 Å². The van der Waals surface area contributed by atoms with E-state index < -0.39 is 0 Å². The summed E-state index contributed by atoms with van der Waals surface area (Å²) in [5.74, 6) is 2.03.